The van der Waals surface area contributed by atoms with Gasteiger partial charge in [-0.15, -0.1) is 0 Å². The van der Waals surface area contributed by atoms with E-state index in [9.17, 15) is 19.2 Å². The molecule has 0 aliphatic carbocycles. The summed E-state index contributed by atoms with van der Waals surface area (Å²) >= 11 is 6.37. The van der Waals surface area contributed by atoms with E-state index in [1.807, 2.05) is 30.5 Å². The Bertz CT molecular complexity index is 1770. The number of aromatic amines is 1. The molecule has 10 heteroatoms. The molecule has 1 aromatic heterocycles. The van der Waals surface area contributed by atoms with Crippen LogP contribution in [0.15, 0.2) is 72.9 Å². The van der Waals surface area contributed by atoms with Crippen LogP contribution in [0.3, 0.4) is 0 Å². The summed E-state index contributed by atoms with van der Waals surface area (Å²) in [6.45, 7) is 0. The summed E-state index contributed by atoms with van der Waals surface area (Å²) in [7, 11) is 1.24. The van der Waals surface area contributed by atoms with Crippen LogP contribution >= 0.6 is 11.6 Å². The third-order valence-corrected chi connectivity index (χ3v) is 8.58. The van der Waals surface area contributed by atoms with E-state index in [2.05, 4.69) is 15.6 Å². The first-order valence-electron chi connectivity index (χ1n) is 12.8. The highest BCUT2D eigenvalue weighted by Gasteiger charge is 2.70. The number of benzene rings is 3. The maximum absolute atomic E-state index is 14.3. The number of rotatable bonds is 4. The van der Waals surface area contributed by atoms with Crippen LogP contribution in [0.4, 0.5) is 11.4 Å². The molecular weight excluding hydrogens is 532 g/mol. The molecule has 0 radical (unpaired) electrons. The number of fused-ring (bicyclic) bond motifs is 5. The van der Waals surface area contributed by atoms with E-state index >= 15 is 0 Å². The SMILES string of the molecule is COC(=O)c1ccccc1N1C(=O)[C@H]2[C@@H](C1=O)[C@]1(N[C@@H]2Cc2c[nH]c3ccccc23)C(=O)Nc2ccc(Cl)cc21. The lowest BCUT2D eigenvalue weighted by molar-refractivity contribution is -0.130. The van der Waals surface area contributed by atoms with Crippen molar-refractivity contribution in [3.63, 3.8) is 0 Å². The van der Waals surface area contributed by atoms with Gasteiger partial charge < -0.3 is 15.0 Å². The van der Waals surface area contributed by atoms with Crippen molar-refractivity contribution in [3.8, 4) is 0 Å². The number of amides is 3. The summed E-state index contributed by atoms with van der Waals surface area (Å²) in [5.41, 5.74) is 1.63. The predicted molar refractivity (Wildman–Crippen MR) is 148 cm³/mol. The van der Waals surface area contributed by atoms with Crippen molar-refractivity contribution in [1.82, 2.24) is 10.3 Å². The Labute approximate surface area is 233 Å². The fourth-order valence-corrected chi connectivity index (χ4v) is 6.85. The van der Waals surface area contributed by atoms with Crippen LogP contribution in [0.2, 0.25) is 5.02 Å². The number of anilines is 2. The molecule has 2 saturated heterocycles. The summed E-state index contributed by atoms with van der Waals surface area (Å²) < 4.78 is 4.92. The second kappa shape index (κ2) is 8.77. The standard InChI is InChI=1S/C30H23ClN4O5/c1-40-28(38)18-7-3-5-9-23(18)35-26(36)24-22(12-15-14-32-20-8-4-2-6-17(15)20)34-30(25(24)27(35)37)19-13-16(31)10-11-21(19)33-29(30)39/h2-11,13-14,22,24-25,32,34H,12H2,1H3,(H,33,39)/t22-,24-,25+,30+/m1/s1. The Morgan fingerprint density at radius 3 is 2.62 bits per heavy atom. The molecule has 200 valence electrons. The quantitative estimate of drug-likeness (QED) is 0.261. The number of H-pyrrole nitrogens is 1. The molecule has 3 aliphatic heterocycles. The van der Waals surface area contributed by atoms with Gasteiger partial charge in [0.05, 0.1) is 30.2 Å². The number of aromatic nitrogens is 1. The Balaban J connectivity index is 1.40. The molecule has 0 saturated carbocycles. The van der Waals surface area contributed by atoms with Gasteiger partial charge in [-0.25, -0.2) is 9.69 Å². The average molecular weight is 555 g/mol. The fraction of sp³-hybridized carbons (Fsp3) is 0.200. The van der Waals surface area contributed by atoms with Gasteiger partial charge in [-0.2, -0.15) is 0 Å². The highest BCUT2D eigenvalue weighted by Crippen LogP contribution is 2.54. The van der Waals surface area contributed by atoms with Crippen molar-refractivity contribution in [2.45, 2.75) is 18.0 Å². The molecule has 2 fully saturated rings. The summed E-state index contributed by atoms with van der Waals surface area (Å²) in [6, 6.07) is 18.6. The third-order valence-electron chi connectivity index (χ3n) is 8.34. The van der Waals surface area contributed by atoms with Crippen molar-refractivity contribution in [2.24, 2.45) is 11.8 Å². The van der Waals surface area contributed by atoms with Gasteiger partial charge in [0, 0.05) is 39.4 Å². The number of ether oxygens (including phenoxy) is 1. The minimum Gasteiger partial charge on any atom is -0.465 e. The molecule has 3 aromatic carbocycles. The maximum Gasteiger partial charge on any atom is 0.339 e. The number of hydrogen-bond donors (Lipinski definition) is 3. The zero-order valence-electron chi connectivity index (χ0n) is 21.2. The summed E-state index contributed by atoms with van der Waals surface area (Å²) in [5.74, 6) is -4.10. The van der Waals surface area contributed by atoms with Gasteiger partial charge in [-0.1, -0.05) is 41.9 Å². The summed E-state index contributed by atoms with van der Waals surface area (Å²) in [6.07, 6.45) is 2.26. The number of methoxy groups -OCH3 is 1. The van der Waals surface area contributed by atoms with Crippen LogP contribution in [0.1, 0.15) is 21.5 Å². The largest absolute Gasteiger partial charge is 0.465 e. The van der Waals surface area contributed by atoms with Crippen LogP contribution in [-0.4, -0.2) is 41.8 Å². The molecule has 1 spiro atoms. The number of esters is 1. The molecule has 9 nitrogen and oxygen atoms in total. The fourth-order valence-electron chi connectivity index (χ4n) is 6.67. The molecule has 7 rings (SSSR count). The summed E-state index contributed by atoms with van der Waals surface area (Å²) in [4.78, 5) is 59.3. The third kappa shape index (κ3) is 3.25. The van der Waals surface area contributed by atoms with E-state index in [4.69, 9.17) is 16.3 Å². The van der Waals surface area contributed by atoms with E-state index in [1.165, 1.54) is 19.2 Å². The van der Waals surface area contributed by atoms with E-state index in [0.717, 1.165) is 21.4 Å². The first kappa shape index (κ1) is 24.6. The molecule has 4 atom stereocenters. The van der Waals surface area contributed by atoms with Crippen molar-refractivity contribution in [1.29, 1.82) is 0 Å². The second-order valence-corrected chi connectivity index (χ2v) is 10.7. The van der Waals surface area contributed by atoms with Crippen molar-refractivity contribution in [2.75, 3.05) is 17.3 Å². The first-order chi connectivity index (χ1) is 19.3. The molecular formula is C30H23ClN4O5. The van der Waals surface area contributed by atoms with E-state index in [0.29, 0.717) is 22.7 Å². The van der Waals surface area contributed by atoms with Crippen molar-refractivity contribution >= 4 is 57.6 Å². The monoisotopic (exact) mass is 554 g/mol. The lowest BCUT2D eigenvalue weighted by Crippen LogP contribution is -2.53. The topological polar surface area (TPSA) is 121 Å². The normalized spacial score (nSPS) is 25.0. The lowest BCUT2D eigenvalue weighted by atomic mass is 9.76. The molecule has 4 heterocycles. The molecule has 3 N–H and O–H groups in total. The molecule has 0 bridgehead atoms. The summed E-state index contributed by atoms with van der Waals surface area (Å²) in [5, 5.41) is 7.72. The van der Waals surface area contributed by atoms with Crippen LogP contribution < -0.4 is 15.5 Å². The molecule has 3 aliphatic rings. The van der Waals surface area contributed by atoms with Gasteiger partial charge in [-0.3, -0.25) is 19.7 Å². The number of nitrogens with one attached hydrogen (secondary N) is 3. The molecule has 4 aromatic rings. The van der Waals surface area contributed by atoms with Crippen LogP contribution in [0.25, 0.3) is 10.9 Å². The Hall–Kier alpha value is -4.47. The number of carbonyl (C=O) groups is 4. The minimum atomic E-state index is -1.52. The van der Waals surface area contributed by atoms with Crippen molar-refractivity contribution < 1.29 is 23.9 Å². The maximum atomic E-state index is 14.3. The zero-order chi connectivity index (χ0) is 27.8. The van der Waals surface area contributed by atoms with Gasteiger partial charge in [0.15, 0.2) is 0 Å². The van der Waals surface area contributed by atoms with E-state index in [1.54, 1.807) is 30.3 Å². The van der Waals surface area contributed by atoms with Gasteiger partial charge in [-0.05, 0) is 48.4 Å². The smallest absolute Gasteiger partial charge is 0.339 e. The van der Waals surface area contributed by atoms with Gasteiger partial charge in [0.2, 0.25) is 17.7 Å². The molecule has 3 amide bonds. The van der Waals surface area contributed by atoms with Crippen LogP contribution in [0.5, 0.6) is 0 Å². The molecule has 0 unspecified atom stereocenters. The second-order valence-electron chi connectivity index (χ2n) is 10.3. The highest BCUT2D eigenvalue weighted by molar-refractivity contribution is 6.31. The Kier molecular flexibility index (Phi) is 5.39. The first-order valence-corrected chi connectivity index (χ1v) is 13.2. The number of para-hydroxylation sites is 2. The van der Waals surface area contributed by atoms with Crippen LogP contribution in [-0.2, 0) is 31.1 Å². The minimum absolute atomic E-state index is 0.0844. The van der Waals surface area contributed by atoms with Gasteiger partial charge >= 0.3 is 5.97 Å². The number of imide groups is 1. The highest BCUT2D eigenvalue weighted by atomic mass is 35.5. The molecule has 40 heavy (non-hydrogen) atoms. The average Bonchev–Trinajstić information content (AvgIpc) is 3.67. The Morgan fingerprint density at radius 2 is 1.80 bits per heavy atom. The lowest BCUT2D eigenvalue weighted by Gasteiger charge is -2.30. The van der Waals surface area contributed by atoms with Crippen molar-refractivity contribution in [3.05, 3.63) is 94.6 Å². The Morgan fingerprint density at radius 1 is 1.02 bits per heavy atom. The van der Waals surface area contributed by atoms with E-state index in [-0.39, 0.29) is 11.3 Å². The van der Waals surface area contributed by atoms with Crippen LogP contribution in [0, 0.1) is 11.8 Å². The number of halogens is 1. The zero-order valence-corrected chi connectivity index (χ0v) is 22.0. The van der Waals surface area contributed by atoms with Gasteiger partial charge in [0.1, 0.15) is 5.54 Å². The number of carbonyl (C=O) groups excluding carboxylic acids is 4. The van der Waals surface area contributed by atoms with Gasteiger partial charge in [0.25, 0.3) is 0 Å². The number of nitrogens with zero attached hydrogens (tertiary/aromatic N) is 1. The predicted octanol–water partition coefficient (Wildman–Crippen LogP) is 3.78. The number of hydrogen-bond acceptors (Lipinski definition) is 6. The van der Waals surface area contributed by atoms with E-state index < -0.39 is 47.1 Å².